The summed E-state index contributed by atoms with van der Waals surface area (Å²) < 4.78 is 1.02. The third kappa shape index (κ3) is 4.22. The van der Waals surface area contributed by atoms with Crippen LogP contribution >= 0.6 is 0 Å². The molecule has 1 saturated heterocycles. The van der Waals surface area contributed by atoms with Gasteiger partial charge in [0.1, 0.15) is 5.82 Å². The molecule has 3 aromatic rings. The van der Waals surface area contributed by atoms with E-state index in [-0.39, 0.29) is 11.5 Å². The summed E-state index contributed by atoms with van der Waals surface area (Å²) in [4.78, 5) is 50.4. The number of piperazine rings is 1. The third-order valence-electron chi connectivity index (χ3n) is 5.55. The monoisotopic (exact) mass is 422 g/mol. The average molecular weight is 422 g/mol. The second kappa shape index (κ2) is 8.35. The number of carbonyl (C=O) groups excluding carboxylic acids is 1. The van der Waals surface area contributed by atoms with Crippen LogP contribution in [0.25, 0.3) is 10.9 Å². The Hall–Kier alpha value is -3.46. The van der Waals surface area contributed by atoms with Gasteiger partial charge in [0.2, 0.25) is 0 Å². The fourth-order valence-electron chi connectivity index (χ4n) is 3.82. The maximum Gasteiger partial charge on any atom is 0.328 e. The van der Waals surface area contributed by atoms with E-state index in [0.717, 1.165) is 22.5 Å². The summed E-state index contributed by atoms with van der Waals surface area (Å²) in [6.07, 6.45) is 1.90. The summed E-state index contributed by atoms with van der Waals surface area (Å²) in [5.74, 6) is 0.797. The minimum Gasteiger partial charge on any atom is -0.353 e. The zero-order chi connectivity index (χ0) is 22.1. The molecule has 0 unspecified atom stereocenters. The molecule has 0 spiro atoms. The van der Waals surface area contributed by atoms with Crippen molar-refractivity contribution in [1.29, 1.82) is 0 Å². The first-order chi connectivity index (χ1) is 14.8. The van der Waals surface area contributed by atoms with E-state index in [1.165, 1.54) is 7.05 Å². The fraction of sp³-hybridized carbons (Fsp3) is 0.364. The van der Waals surface area contributed by atoms with Gasteiger partial charge in [-0.05, 0) is 43.9 Å². The van der Waals surface area contributed by atoms with Gasteiger partial charge in [0.05, 0.1) is 10.9 Å². The second-order valence-corrected chi connectivity index (χ2v) is 8.10. The summed E-state index contributed by atoms with van der Waals surface area (Å²) in [5, 5.41) is 0.382. The molecule has 1 aliphatic rings. The number of amides is 1. The Morgan fingerprint density at radius 2 is 1.84 bits per heavy atom. The molecule has 162 valence electrons. The van der Waals surface area contributed by atoms with Gasteiger partial charge >= 0.3 is 5.69 Å². The van der Waals surface area contributed by atoms with Crippen molar-refractivity contribution in [2.24, 2.45) is 7.05 Å². The first-order valence-electron chi connectivity index (χ1n) is 10.2. The number of carbonyl (C=O) groups is 1. The minimum atomic E-state index is -0.500. The quantitative estimate of drug-likeness (QED) is 0.663. The predicted octanol–water partition coefficient (Wildman–Crippen LogP) is 0.646. The number of rotatable bonds is 4. The van der Waals surface area contributed by atoms with Crippen LogP contribution in [-0.2, 0) is 13.6 Å². The second-order valence-electron chi connectivity index (χ2n) is 8.10. The van der Waals surface area contributed by atoms with Gasteiger partial charge in [-0.1, -0.05) is 6.07 Å². The fourth-order valence-corrected chi connectivity index (χ4v) is 3.82. The lowest BCUT2D eigenvalue weighted by atomic mass is 10.1. The van der Waals surface area contributed by atoms with E-state index in [1.54, 1.807) is 23.1 Å². The van der Waals surface area contributed by atoms with Crippen LogP contribution in [0.5, 0.6) is 0 Å². The van der Waals surface area contributed by atoms with Crippen molar-refractivity contribution < 1.29 is 4.79 Å². The van der Waals surface area contributed by atoms with Gasteiger partial charge in [0, 0.05) is 51.5 Å². The molecule has 2 aromatic heterocycles. The SMILES string of the molecule is CN(C)Cc1ccc(N2CCN(C(=O)c3ccc4c(=O)n(C)c(=O)[nH]c4c3)CC2)nc1. The highest BCUT2D eigenvalue weighted by atomic mass is 16.2. The molecule has 0 radical (unpaired) electrons. The maximum absolute atomic E-state index is 13.0. The molecule has 1 aliphatic heterocycles. The molecule has 3 heterocycles. The highest BCUT2D eigenvalue weighted by molar-refractivity contribution is 5.97. The van der Waals surface area contributed by atoms with Crippen molar-refractivity contribution in [3.8, 4) is 0 Å². The number of aromatic nitrogens is 3. The molecule has 9 heteroatoms. The highest BCUT2D eigenvalue weighted by Gasteiger charge is 2.23. The summed E-state index contributed by atoms with van der Waals surface area (Å²) in [6, 6.07) is 8.92. The number of hydrogen-bond acceptors (Lipinski definition) is 6. The standard InChI is InChI=1S/C22H26N6O3/c1-25(2)14-15-4-7-19(23-13-15)27-8-10-28(11-9-27)20(29)16-5-6-17-18(12-16)24-22(31)26(3)21(17)30/h4-7,12-13H,8-11,14H2,1-3H3,(H,24,31). The van der Waals surface area contributed by atoms with Crippen molar-refractivity contribution in [1.82, 2.24) is 24.3 Å². The van der Waals surface area contributed by atoms with Crippen LogP contribution in [0.1, 0.15) is 15.9 Å². The number of hydrogen-bond donors (Lipinski definition) is 1. The van der Waals surface area contributed by atoms with Gasteiger partial charge in [0.25, 0.3) is 11.5 Å². The van der Waals surface area contributed by atoms with Gasteiger partial charge in [0.15, 0.2) is 0 Å². The van der Waals surface area contributed by atoms with Crippen LogP contribution in [0, 0.1) is 0 Å². The number of pyridine rings is 1. The van der Waals surface area contributed by atoms with Crippen LogP contribution in [0.4, 0.5) is 5.82 Å². The lowest BCUT2D eigenvalue weighted by Gasteiger charge is -2.35. The molecule has 1 aromatic carbocycles. The van der Waals surface area contributed by atoms with E-state index in [4.69, 9.17) is 0 Å². The first kappa shape index (κ1) is 20.8. The number of nitrogens with one attached hydrogen (secondary N) is 1. The molecule has 0 atom stereocenters. The van der Waals surface area contributed by atoms with Crippen LogP contribution in [0.3, 0.4) is 0 Å². The Morgan fingerprint density at radius 3 is 2.48 bits per heavy atom. The van der Waals surface area contributed by atoms with E-state index in [1.807, 2.05) is 26.4 Å². The van der Waals surface area contributed by atoms with Crippen molar-refractivity contribution in [3.05, 3.63) is 68.5 Å². The van der Waals surface area contributed by atoms with Crippen molar-refractivity contribution in [3.63, 3.8) is 0 Å². The summed E-state index contributed by atoms with van der Waals surface area (Å²) in [5.41, 5.74) is 1.11. The normalized spacial score (nSPS) is 14.5. The van der Waals surface area contributed by atoms with Crippen molar-refractivity contribution in [2.45, 2.75) is 6.54 Å². The zero-order valence-corrected chi connectivity index (χ0v) is 18.0. The van der Waals surface area contributed by atoms with Crippen LogP contribution in [0.15, 0.2) is 46.1 Å². The summed E-state index contributed by atoms with van der Waals surface area (Å²) in [6.45, 7) is 3.38. The van der Waals surface area contributed by atoms with E-state index in [2.05, 4.69) is 25.8 Å². The minimum absolute atomic E-state index is 0.114. The number of H-pyrrole nitrogens is 1. The Morgan fingerprint density at radius 1 is 1.10 bits per heavy atom. The summed E-state index contributed by atoms with van der Waals surface area (Å²) >= 11 is 0. The largest absolute Gasteiger partial charge is 0.353 e. The number of benzene rings is 1. The molecule has 31 heavy (non-hydrogen) atoms. The molecular weight excluding hydrogens is 396 g/mol. The summed E-state index contributed by atoms with van der Waals surface area (Å²) in [7, 11) is 5.47. The number of aromatic amines is 1. The molecule has 1 fully saturated rings. The van der Waals surface area contributed by atoms with E-state index < -0.39 is 5.69 Å². The Labute approximate surface area is 179 Å². The van der Waals surface area contributed by atoms with Gasteiger partial charge in [-0.25, -0.2) is 9.78 Å². The lowest BCUT2D eigenvalue weighted by molar-refractivity contribution is 0.0746. The average Bonchev–Trinajstić information content (AvgIpc) is 2.77. The molecule has 9 nitrogen and oxygen atoms in total. The predicted molar refractivity (Wildman–Crippen MR) is 120 cm³/mol. The highest BCUT2D eigenvalue weighted by Crippen LogP contribution is 2.17. The lowest BCUT2D eigenvalue weighted by Crippen LogP contribution is -2.49. The molecule has 4 rings (SSSR count). The van der Waals surface area contributed by atoms with Crippen LogP contribution in [0.2, 0.25) is 0 Å². The first-order valence-corrected chi connectivity index (χ1v) is 10.2. The van der Waals surface area contributed by atoms with Gasteiger partial charge in [-0.3, -0.25) is 14.2 Å². The Kier molecular flexibility index (Phi) is 5.60. The molecule has 1 amide bonds. The smallest absolute Gasteiger partial charge is 0.328 e. The van der Waals surface area contributed by atoms with Gasteiger partial charge in [-0.2, -0.15) is 0 Å². The van der Waals surface area contributed by atoms with Gasteiger partial charge in [-0.15, -0.1) is 0 Å². The van der Waals surface area contributed by atoms with E-state index in [9.17, 15) is 14.4 Å². The van der Waals surface area contributed by atoms with Crippen molar-refractivity contribution >= 4 is 22.6 Å². The zero-order valence-electron chi connectivity index (χ0n) is 18.0. The number of fused-ring (bicyclic) bond motifs is 1. The maximum atomic E-state index is 13.0. The number of anilines is 1. The van der Waals surface area contributed by atoms with Crippen molar-refractivity contribution in [2.75, 3.05) is 45.2 Å². The molecule has 1 N–H and O–H groups in total. The van der Waals surface area contributed by atoms with Crippen LogP contribution < -0.4 is 16.1 Å². The Bertz CT molecular complexity index is 1220. The Balaban J connectivity index is 1.45. The van der Waals surface area contributed by atoms with Crippen LogP contribution in [-0.4, -0.2) is 70.5 Å². The van der Waals surface area contributed by atoms with E-state index >= 15 is 0 Å². The molecule has 0 bridgehead atoms. The van der Waals surface area contributed by atoms with E-state index in [0.29, 0.717) is 42.6 Å². The topological polar surface area (TPSA) is 94.5 Å². The molecule has 0 aliphatic carbocycles. The molecular formula is C22H26N6O3. The number of nitrogens with zero attached hydrogens (tertiary/aromatic N) is 5. The third-order valence-corrected chi connectivity index (χ3v) is 5.55. The molecule has 0 saturated carbocycles. The van der Waals surface area contributed by atoms with Gasteiger partial charge < -0.3 is 19.7 Å².